The molecule has 0 radical (unpaired) electrons. The Kier molecular flexibility index (Phi) is 8.48. The van der Waals surface area contributed by atoms with Crippen molar-refractivity contribution in [1.82, 2.24) is 0 Å². The van der Waals surface area contributed by atoms with Gasteiger partial charge in [0.05, 0.1) is 11.4 Å². The number of hydrogen-bond acceptors (Lipinski definition) is 8. The lowest BCUT2D eigenvalue weighted by Gasteiger charge is -2.34. The Balaban J connectivity index is 2.14. The van der Waals surface area contributed by atoms with Crippen LogP contribution in [0, 0.1) is 22.7 Å². The van der Waals surface area contributed by atoms with Gasteiger partial charge in [0.2, 0.25) is 0 Å². The summed E-state index contributed by atoms with van der Waals surface area (Å²) >= 11 is 0. The van der Waals surface area contributed by atoms with Gasteiger partial charge >= 0.3 is 0 Å². The molecule has 2 atom stereocenters. The standard InChI is InChI=1S/C24H36N2O6/c1-7-31-25-15-11-23(3,4)13-19(29)21(15)17(27)9-10-18(28)22-16(26-32-8-2)12-24(5,6)14-20(22)30/h21-22H,7-14H2,1-6H3. The lowest BCUT2D eigenvalue weighted by Crippen LogP contribution is -2.43. The van der Waals surface area contributed by atoms with E-state index >= 15 is 0 Å². The number of oxime groups is 2. The third-order valence-electron chi connectivity index (χ3n) is 5.82. The molecule has 0 N–H and O–H groups in total. The molecule has 8 heteroatoms. The molecule has 0 aliphatic heterocycles. The summed E-state index contributed by atoms with van der Waals surface area (Å²) in [5, 5.41) is 8.08. The maximum atomic E-state index is 13.0. The first kappa shape index (κ1) is 25.9. The van der Waals surface area contributed by atoms with Gasteiger partial charge in [-0.1, -0.05) is 38.0 Å². The maximum Gasteiger partial charge on any atom is 0.149 e. The molecular formula is C24H36N2O6. The number of ketones is 4. The van der Waals surface area contributed by atoms with Gasteiger partial charge in [-0.05, 0) is 37.5 Å². The van der Waals surface area contributed by atoms with Crippen LogP contribution in [-0.4, -0.2) is 47.8 Å². The average Bonchev–Trinajstić information content (AvgIpc) is 2.66. The topological polar surface area (TPSA) is 111 Å². The van der Waals surface area contributed by atoms with E-state index in [1.54, 1.807) is 13.8 Å². The highest BCUT2D eigenvalue weighted by Crippen LogP contribution is 2.37. The molecule has 0 saturated heterocycles. The summed E-state index contributed by atoms with van der Waals surface area (Å²) in [6.45, 7) is 12.0. The van der Waals surface area contributed by atoms with Crippen LogP contribution in [0.4, 0.5) is 0 Å². The van der Waals surface area contributed by atoms with E-state index in [2.05, 4.69) is 10.3 Å². The molecule has 2 aliphatic carbocycles. The second kappa shape index (κ2) is 10.5. The van der Waals surface area contributed by atoms with Crippen LogP contribution in [0.3, 0.4) is 0 Å². The Labute approximate surface area is 190 Å². The van der Waals surface area contributed by atoms with Gasteiger partial charge in [0.1, 0.15) is 48.2 Å². The molecule has 8 nitrogen and oxygen atoms in total. The summed E-state index contributed by atoms with van der Waals surface area (Å²) in [4.78, 5) is 61.7. The zero-order valence-electron chi connectivity index (χ0n) is 20.2. The number of carbonyl (C=O) groups is 4. The Hall–Kier alpha value is -2.38. The molecule has 2 aliphatic rings. The van der Waals surface area contributed by atoms with Crippen molar-refractivity contribution >= 4 is 34.6 Å². The monoisotopic (exact) mass is 448 g/mol. The van der Waals surface area contributed by atoms with E-state index in [1.807, 2.05) is 27.7 Å². The quantitative estimate of drug-likeness (QED) is 0.393. The molecule has 0 bridgehead atoms. The van der Waals surface area contributed by atoms with Crippen LogP contribution in [0.15, 0.2) is 10.3 Å². The van der Waals surface area contributed by atoms with Crippen molar-refractivity contribution in [1.29, 1.82) is 0 Å². The fraction of sp³-hybridized carbons (Fsp3) is 0.750. The van der Waals surface area contributed by atoms with Crippen molar-refractivity contribution in [3.05, 3.63) is 0 Å². The number of Topliss-reactive ketones (excluding diaryl/α,β-unsaturated/α-hetero) is 4. The predicted molar refractivity (Wildman–Crippen MR) is 120 cm³/mol. The van der Waals surface area contributed by atoms with E-state index < -0.39 is 11.8 Å². The summed E-state index contributed by atoms with van der Waals surface area (Å²) in [7, 11) is 0. The molecule has 2 unspecified atom stereocenters. The number of carbonyl (C=O) groups excluding carboxylic acids is 4. The molecule has 2 rings (SSSR count). The van der Waals surface area contributed by atoms with Gasteiger partial charge in [0.15, 0.2) is 0 Å². The summed E-state index contributed by atoms with van der Waals surface area (Å²) in [5.41, 5.74) is 0.233. The van der Waals surface area contributed by atoms with E-state index in [9.17, 15) is 19.2 Å². The van der Waals surface area contributed by atoms with E-state index in [1.165, 1.54) is 0 Å². The van der Waals surface area contributed by atoms with Gasteiger partial charge in [-0.15, -0.1) is 0 Å². The SMILES string of the molecule is CCON=C1CC(C)(C)CC(=O)C1C(=O)CCC(=O)C1C(=O)CC(C)(C)CC1=NOCC. The lowest BCUT2D eigenvalue weighted by atomic mass is 9.68. The zero-order chi connectivity index (χ0) is 24.1. The first-order valence-electron chi connectivity index (χ1n) is 11.4. The van der Waals surface area contributed by atoms with Gasteiger partial charge < -0.3 is 9.68 Å². The van der Waals surface area contributed by atoms with Crippen LogP contribution in [0.1, 0.15) is 80.1 Å². The zero-order valence-corrected chi connectivity index (χ0v) is 20.2. The van der Waals surface area contributed by atoms with Crippen molar-refractivity contribution < 1.29 is 28.9 Å². The Morgan fingerprint density at radius 3 is 1.41 bits per heavy atom. The highest BCUT2D eigenvalue weighted by Gasteiger charge is 2.44. The minimum absolute atomic E-state index is 0.129. The van der Waals surface area contributed by atoms with E-state index in [-0.39, 0.29) is 59.6 Å². The molecule has 2 saturated carbocycles. The summed E-state index contributed by atoms with van der Waals surface area (Å²) in [6.07, 6.45) is 1.23. The van der Waals surface area contributed by atoms with Gasteiger partial charge in [0.25, 0.3) is 0 Å². The number of rotatable bonds is 9. The molecule has 0 aromatic heterocycles. The Bertz CT molecular complexity index is 756. The van der Waals surface area contributed by atoms with Gasteiger partial charge in [-0.3, -0.25) is 19.2 Å². The third-order valence-corrected chi connectivity index (χ3v) is 5.82. The van der Waals surface area contributed by atoms with Crippen LogP contribution in [0.25, 0.3) is 0 Å². The first-order valence-corrected chi connectivity index (χ1v) is 11.4. The largest absolute Gasteiger partial charge is 0.396 e. The van der Waals surface area contributed by atoms with Crippen LogP contribution in [0.2, 0.25) is 0 Å². The van der Waals surface area contributed by atoms with Crippen molar-refractivity contribution in [2.24, 2.45) is 33.0 Å². The van der Waals surface area contributed by atoms with Crippen LogP contribution < -0.4 is 0 Å². The predicted octanol–water partition coefficient (Wildman–Crippen LogP) is 3.70. The molecule has 32 heavy (non-hydrogen) atoms. The van der Waals surface area contributed by atoms with Crippen LogP contribution in [0.5, 0.6) is 0 Å². The minimum atomic E-state index is -0.986. The maximum absolute atomic E-state index is 13.0. The molecule has 0 heterocycles. The smallest absolute Gasteiger partial charge is 0.149 e. The summed E-state index contributed by atoms with van der Waals surface area (Å²) < 4.78 is 0. The Morgan fingerprint density at radius 1 is 0.750 bits per heavy atom. The molecule has 0 spiro atoms. The molecule has 0 aromatic rings. The van der Waals surface area contributed by atoms with Crippen molar-refractivity contribution in [3.63, 3.8) is 0 Å². The Morgan fingerprint density at radius 2 is 1.09 bits per heavy atom. The molecule has 0 amide bonds. The van der Waals surface area contributed by atoms with Gasteiger partial charge in [0, 0.05) is 25.7 Å². The highest BCUT2D eigenvalue weighted by atomic mass is 16.6. The van der Waals surface area contributed by atoms with E-state index in [0.29, 0.717) is 37.5 Å². The van der Waals surface area contributed by atoms with Crippen LogP contribution in [-0.2, 0) is 28.9 Å². The number of hydrogen-bond donors (Lipinski definition) is 0. The third kappa shape index (κ3) is 6.56. The van der Waals surface area contributed by atoms with E-state index in [4.69, 9.17) is 9.68 Å². The second-order valence-electron chi connectivity index (χ2n) is 10.3. The number of nitrogens with zero attached hydrogens (tertiary/aromatic N) is 2. The van der Waals surface area contributed by atoms with Crippen molar-refractivity contribution in [2.45, 2.75) is 80.1 Å². The second-order valence-corrected chi connectivity index (χ2v) is 10.3. The van der Waals surface area contributed by atoms with Gasteiger partial charge in [-0.2, -0.15) is 0 Å². The van der Waals surface area contributed by atoms with Crippen molar-refractivity contribution in [3.8, 4) is 0 Å². The molecule has 178 valence electrons. The molecule has 0 aromatic carbocycles. The van der Waals surface area contributed by atoms with Crippen LogP contribution >= 0.6 is 0 Å². The lowest BCUT2D eigenvalue weighted by molar-refractivity contribution is -0.136. The van der Waals surface area contributed by atoms with Gasteiger partial charge in [-0.25, -0.2) is 0 Å². The normalized spacial score (nSPS) is 27.4. The van der Waals surface area contributed by atoms with E-state index in [0.717, 1.165) is 0 Å². The minimum Gasteiger partial charge on any atom is -0.396 e. The molecular weight excluding hydrogens is 412 g/mol. The fourth-order valence-electron chi connectivity index (χ4n) is 4.56. The van der Waals surface area contributed by atoms with Crippen molar-refractivity contribution in [2.75, 3.05) is 13.2 Å². The summed E-state index contributed by atoms with van der Waals surface area (Å²) in [5.74, 6) is -3.09. The molecule has 2 fully saturated rings. The summed E-state index contributed by atoms with van der Waals surface area (Å²) in [6, 6.07) is 0. The average molecular weight is 449 g/mol. The first-order chi connectivity index (χ1) is 14.9. The highest BCUT2D eigenvalue weighted by molar-refractivity contribution is 6.25. The fourth-order valence-corrected chi connectivity index (χ4v) is 4.56.